The molecule has 0 aliphatic rings. The Morgan fingerprint density at radius 2 is 1.95 bits per heavy atom. The number of benzene rings is 1. The Hall–Kier alpha value is -2.04. The number of aliphatic carboxylic acids is 1. The van der Waals surface area contributed by atoms with Crippen molar-refractivity contribution in [2.24, 2.45) is 5.92 Å². The Labute approximate surface area is 131 Å². The highest BCUT2D eigenvalue weighted by atomic mass is 16.5. The first-order valence-corrected chi connectivity index (χ1v) is 7.46. The summed E-state index contributed by atoms with van der Waals surface area (Å²) >= 11 is 0. The molecule has 0 aliphatic carbocycles. The number of aryl methyl sites for hydroxylation is 2. The minimum atomic E-state index is -1.00. The average molecular weight is 307 g/mol. The summed E-state index contributed by atoms with van der Waals surface area (Å²) in [5.41, 5.74) is 2.81. The van der Waals surface area contributed by atoms with Crippen LogP contribution in [-0.2, 0) is 16.0 Å². The number of ether oxygens (including phenoxy) is 1. The van der Waals surface area contributed by atoms with Crippen molar-refractivity contribution < 1.29 is 19.4 Å². The van der Waals surface area contributed by atoms with Crippen molar-refractivity contribution in [3.8, 4) is 5.75 Å². The van der Waals surface area contributed by atoms with Gasteiger partial charge in [-0.15, -0.1) is 0 Å². The Balaban J connectivity index is 2.91. The predicted molar refractivity (Wildman–Crippen MR) is 85.2 cm³/mol. The average Bonchev–Trinajstić information content (AvgIpc) is 2.46. The molecule has 5 heteroatoms. The second kappa shape index (κ2) is 7.82. The first-order chi connectivity index (χ1) is 10.3. The molecule has 0 saturated carbocycles. The topological polar surface area (TPSA) is 75.6 Å². The van der Waals surface area contributed by atoms with Gasteiger partial charge in [0.15, 0.2) is 0 Å². The summed E-state index contributed by atoms with van der Waals surface area (Å²) < 4.78 is 5.33. The van der Waals surface area contributed by atoms with Crippen LogP contribution in [0.3, 0.4) is 0 Å². The summed E-state index contributed by atoms with van der Waals surface area (Å²) in [5, 5.41) is 11.9. The predicted octanol–water partition coefficient (Wildman–Crippen LogP) is 2.47. The lowest BCUT2D eigenvalue weighted by Gasteiger charge is -2.21. The molecule has 0 fully saturated rings. The Kier molecular flexibility index (Phi) is 6.40. The zero-order valence-corrected chi connectivity index (χ0v) is 13.9. The van der Waals surface area contributed by atoms with Crippen molar-refractivity contribution in [1.82, 2.24) is 5.32 Å². The summed E-state index contributed by atoms with van der Waals surface area (Å²) in [6.45, 7) is 7.60. The minimum absolute atomic E-state index is 0.107. The van der Waals surface area contributed by atoms with E-state index < -0.39 is 12.0 Å². The van der Waals surface area contributed by atoms with Crippen LogP contribution in [0.2, 0.25) is 0 Å². The smallest absolute Gasteiger partial charge is 0.326 e. The molecule has 0 aromatic heterocycles. The van der Waals surface area contributed by atoms with E-state index in [-0.39, 0.29) is 18.2 Å². The van der Waals surface area contributed by atoms with Gasteiger partial charge in [0.2, 0.25) is 5.91 Å². The fraction of sp³-hybridized carbons (Fsp3) is 0.529. The van der Waals surface area contributed by atoms with Crippen molar-refractivity contribution in [2.45, 2.75) is 46.6 Å². The molecule has 1 amide bonds. The lowest BCUT2D eigenvalue weighted by Crippen LogP contribution is -2.45. The van der Waals surface area contributed by atoms with E-state index in [1.807, 2.05) is 39.8 Å². The van der Waals surface area contributed by atoms with Crippen LogP contribution in [0.25, 0.3) is 0 Å². The third kappa shape index (κ3) is 4.48. The molecule has 0 unspecified atom stereocenters. The summed E-state index contributed by atoms with van der Waals surface area (Å²) in [6, 6.07) is 2.99. The quantitative estimate of drug-likeness (QED) is 0.811. The normalized spacial score (nSPS) is 13.3. The molecule has 1 rings (SSSR count). The molecule has 1 aromatic carbocycles. The van der Waals surface area contributed by atoms with Crippen molar-refractivity contribution in [2.75, 3.05) is 7.11 Å². The van der Waals surface area contributed by atoms with Crippen LogP contribution in [0.4, 0.5) is 0 Å². The van der Waals surface area contributed by atoms with Crippen LogP contribution in [-0.4, -0.2) is 30.1 Å². The number of methoxy groups -OCH3 is 1. The van der Waals surface area contributed by atoms with Gasteiger partial charge in [0.05, 0.1) is 13.5 Å². The van der Waals surface area contributed by atoms with E-state index in [4.69, 9.17) is 4.74 Å². The molecule has 0 radical (unpaired) electrons. The molecule has 2 N–H and O–H groups in total. The molecule has 22 heavy (non-hydrogen) atoms. The molecule has 122 valence electrons. The highest BCUT2D eigenvalue weighted by Gasteiger charge is 2.25. The highest BCUT2D eigenvalue weighted by Crippen LogP contribution is 2.24. The fourth-order valence-corrected chi connectivity index (χ4v) is 2.44. The first kappa shape index (κ1) is 18.0. The summed E-state index contributed by atoms with van der Waals surface area (Å²) in [6.07, 6.45) is 0.791. The van der Waals surface area contributed by atoms with Gasteiger partial charge in [-0.1, -0.05) is 26.3 Å². The Bertz CT molecular complexity index is 554. The number of carbonyl (C=O) groups excluding carboxylic acids is 1. The highest BCUT2D eigenvalue weighted by molar-refractivity contribution is 5.85. The number of carboxylic acid groups (broad SMARTS) is 1. The van der Waals surface area contributed by atoms with Gasteiger partial charge in [-0.3, -0.25) is 4.79 Å². The van der Waals surface area contributed by atoms with Crippen molar-refractivity contribution in [1.29, 1.82) is 0 Å². The van der Waals surface area contributed by atoms with E-state index in [1.165, 1.54) is 0 Å². The standard InChI is InChI=1S/C17H25NO4/c1-6-11(3)16(17(20)21)18-15(19)9-13-12(4)7-10(2)8-14(13)22-5/h7-8,11,16H,6,9H2,1-5H3,(H,18,19)(H,20,21)/t11-,16-/m0/s1. The maximum absolute atomic E-state index is 12.2. The van der Waals surface area contributed by atoms with Gasteiger partial charge in [-0.2, -0.15) is 0 Å². The van der Waals surface area contributed by atoms with Crippen molar-refractivity contribution in [3.63, 3.8) is 0 Å². The second-order valence-electron chi connectivity index (χ2n) is 5.71. The van der Waals surface area contributed by atoms with Gasteiger partial charge in [-0.05, 0) is 37.0 Å². The van der Waals surface area contributed by atoms with E-state index in [0.29, 0.717) is 12.2 Å². The van der Waals surface area contributed by atoms with Gasteiger partial charge in [0.25, 0.3) is 0 Å². The summed E-state index contributed by atoms with van der Waals surface area (Å²) in [5.74, 6) is -0.779. The lowest BCUT2D eigenvalue weighted by atomic mass is 9.98. The van der Waals surface area contributed by atoms with Crippen LogP contribution in [0.5, 0.6) is 5.75 Å². The number of carboxylic acids is 1. The van der Waals surface area contributed by atoms with Crippen molar-refractivity contribution >= 4 is 11.9 Å². The minimum Gasteiger partial charge on any atom is -0.496 e. The molecular weight excluding hydrogens is 282 g/mol. The number of nitrogens with one attached hydrogen (secondary N) is 1. The Morgan fingerprint density at radius 3 is 2.45 bits per heavy atom. The largest absolute Gasteiger partial charge is 0.496 e. The van der Waals surface area contributed by atoms with Crippen LogP contribution in [0.1, 0.15) is 37.0 Å². The Morgan fingerprint density at radius 1 is 1.32 bits per heavy atom. The van der Waals surface area contributed by atoms with E-state index in [0.717, 1.165) is 16.7 Å². The van der Waals surface area contributed by atoms with E-state index in [2.05, 4.69) is 5.32 Å². The van der Waals surface area contributed by atoms with Crippen molar-refractivity contribution in [3.05, 3.63) is 28.8 Å². The molecule has 0 aliphatic heterocycles. The summed E-state index contributed by atoms with van der Waals surface area (Å²) in [7, 11) is 1.56. The van der Waals surface area contributed by atoms with Crippen LogP contribution >= 0.6 is 0 Å². The third-order valence-electron chi connectivity index (χ3n) is 3.93. The fourth-order valence-electron chi connectivity index (χ4n) is 2.44. The molecule has 0 spiro atoms. The van der Waals surface area contributed by atoms with Crippen LogP contribution in [0, 0.1) is 19.8 Å². The number of hydrogen-bond acceptors (Lipinski definition) is 3. The summed E-state index contributed by atoms with van der Waals surface area (Å²) in [4.78, 5) is 23.5. The van der Waals surface area contributed by atoms with E-state index >= 15 is 0 Å². The van der Waals surface area contributed by atoms with Gasteiger partial charge in [0.1, 0.15) is 11.8 Å². The van der Waals surface area contributed by atoms with Gasteiger partial charge >= 0.3 is 5.97 Å². The maximum Gasteiger partial charge on any atom is 0.326 e. The number of carbonyl (C=O) groups is 2. The van der Waals surface area contributed by atoms with Gasteiger partial charge in [0, 0.05) is 5.56 Å². The lowest BCUT2D eigenvalue weighted by molar-refractivity contribution is -0.143. The van der Waals surface area contributed by atoms with Crippen LogP contribution in [0.15, 0.2) is 12.1 Å². The second-order valence-corrected chi connectivity index (χ2v) is 5.71. The molecule has 1 aromatic rings. The van der Waals surface area contributed by atoms with E-state index in [9.17, 15) is 14.7 Å². The molecule has 5 nitrogen and oxygen atoms in total. The number of hydrogen-bond donors (Lipinski definition) is 2. The first-order valence-electron chi connectivity index (χ1n) is 7.46. The van der Waals surface area contributed by atoms with Crippen LogP contribution < -0.4 is 10.1 Å². The number of amides is 1. The van der Waals surface area contributed by atoms with E-state index in [1.54, 1.807) is 7.11 Å². The van der Waals surface area contributed by atoms with Gasteiger partial charge < -0.3 is 15.2 Å². The molecule has 0 heterocycles. The zero-order valence-electron chi connectivity index (χ0n) is 13.9. The third-order valence-corrected chi connectivity index (χ3v) is 3.93. The molecule has 0 saturated heterocycles. The van der Waals surface area contributed by atoms with Gasteiger partial charge in [-0.25, -0.2) is 4.79 Å². The molecule has 0 bridgehead atoms. The maximum atomic E-state index is 12.2. The monoisotopic (exact) mass is 307 g/mol. The number of rotatable bonds is 7. The zero-order chi connectivity index (χ0) is 16.9. The SMILES string of the molecule is CC[C@H](C)[C@H](NC(=O)Cc1c(C)cc(C)cc1OC)C(=O)O. The molecular formula is C17H25NO4. The molecule has 2 atom stereocenters.